The van der Waals surface area contributed by atoms with Gasteiger partial charge in [-0.15, -0.1) is 11.3 Å². The van der Waals surface area contributed by atoms with Crippen LogP contribution >= 0.6 is 11.3 Å². The summed E-state index contributed by atoms with van der Waals surface area (Å²) in [5.74, 6) is -0.512. The summed E-state index contributed by atoms with van der Waals surface area (Å²) in [5, 5.41) is 9.51. The van der Waals surface area contributed by atoms with Gasteiger partial charge in [0.15, 0.2) is 0 Å². The fourth-order valence-corrected chi connectivity index (χ4v) is 3.60. The van der Waals surface area contributed by atoms with Gasteiger partial charge in [-0.2, -0.15) is 0 Å². The second-order valence-electron chi connectivity index (χ2n) is 6.66. The minimum absolute atomic E-state index is 0.0242. The van der Waals surface area contributed by atoms with E-state index in [-0.39, 0.29) is 30.7 Å². The van der Waals surface area contributed by atoms with Gasteiger partial charge in [0, 0.05) is 31.1 Å². The van der Waals surface area contributed by atoms with E-state index in [0.29, 0.717) is 17.8 Å². The van der Waals surface area contributed by atoms with Crippen LogP contribution in [0.2, 0.25) is 0 Å². The van der Waals surface area contributed by atoms with Gasteiger partial charge in [0.2, 0.25) is 11.8 Å². The highest BCUT2D eigenvalue weighted by atomic mass is 32.1. The minimum Gasteiger partial charge on any atom is -0.351 e. The smallest absolute Gasteiger partial charge is 0.261 e. The molecule has 6 nitrogen and oxygen atoms in total. The maximum atomic E-state index is 12.4. The lowest BCUT2D eigenvalue weighted by atomic mass is 10.1. The monoisotopic (exact) mass is 409 g/mol. The average molecular weight is 410 g/mol. The Labute approximate surface area is 173 Å². The molecule has 0 aliphatic heterocycles. The Bertz CT molecular complexity index is 996. The summed E-state index contributed by atoms with van der Waals surface area (Å²) in [6.45, 7) is 0.391. The molecule has 0 fully saturated rings. The highest BCUT2D eigenvalue weighted by molar-refractivity contribution is 7.12. The third-order valence-electron chi connectivity index (χ3n) is 4.47. The molecule has 1 aromatic heterocycles. The largest absolute Gasteiger partial charge is 0.351 e. The molecular formula is C22H23N3O3S. The molecule has 29 heavy (non-hydrogen) atoms. The van der Waals surface area contributed by atoms with Crippen molar-refractivity contribution in [3.05, 3.63) is 64.9 Å². The van der Waals surface area contributed by atoms with Gasteiger partial charge < -0.3 is 15.5 Å². The van der Waals surface area contributed by atoms with Crippen molar-refractivity contribution in [3.63, 3.8) is 0 Å². The van der Waals surface area contributed by atoms with Gasteiger partial charge in [-0.3, -0.25) is 14.4 Å². The van der Waals surface area contributed by atoms with E-state index < -0.39 is 0 Å². The molecule has 0 bridgehead atoms. The summed E-state index contributed by atoms with van der Waals surface area (Å²) in [7, 11) is 1.61. The molecule has 0 radical (unpaired) electrons. The molecule has 3 amide bonds. The van der Waals surface area contributed by atoms with Crippen LogP contribution in [0.1, 0.15) is 22.5 Å². The van der Waals surface area contributed by atoms with Gasteiger partial charge in [0.25, 0.3) is 5.91 Å². The van der Waals surface area contributed by atoms with Crippen molar-refractivity contribution in [2.24, 2.45) is 0 Å². The zero-order chi connectivity index (χ0) is 20.6. The van der Waals surface area contributed by atoms with Crippen molar-refractivity contribution in [1.82, 2.24) is 10.2 Å². The van der Waals surface area contributed by atoms with E-state index in [1.165, 1.54) is 16.2 Å². The first kappa shape index (κ1) is 20.5. The molecule has 0 spiro atoms. The van der Waals surface area contributed by atoms with Crippen molar-refractivity contribution >= 4 is 45.5 Å². The number of hydrogen-bond acceptors (Lipinski definition) is 4. The van der Waals surface area contributed by atoms with Crippen molar-refractivity contribution in [2.75, 3.05) is 25.5 Å². The lowest BCUT2D eigenvalue weighted by molar-refractivity contribution is -0.133. The molecule has 0 atom stereocenters. The number of anilines is 1. The van der Waals surface area contributed by atoms with Crippen molar-refractivity contribution in [3.8, 4) is 0 Å². The first-order valence-corrected chi connectivity index (χ1v) is 10.3. The Morgan fingerprint density at radius 1 is 1.00 bits per heavy atom. The molecule has 0 unspecified atom stereocenters. The van der Waals surface area contributed by atoms with Gasteiger partial charge in [-0.05, 0) is 29.3 Å². The number of likely N-dealkylation sites (N-methyl/N-ethyl adjacent to an activating group) is 1. The lowest BCUT2D eigenvalue weighted by Gasteiger charge is -2.17. The fraction of sp³-hybridized carbons (Fsp3) is 0.227. The van der Waals surface area contributed by atoms with Gasteiger partial charge >= 0.3 is 0 Å². The molecule has 0 aliphatic carbocycles. The van der Waals surface area contributed by atoms with Crippen LogP contribution in [0.4, 0.5) is 5.69 Å². The molecule has 3 rings (SSSR count). The van der Waals surface area contributed by atoms with E-state index in [1.54, 1.807) is 13.1 Å². The summed E-state index contributed by atoms with van der Waals surface area (Å²) >= 11 is 1.38. The standard InChI is InChI=1S/C22H23N3O3S/c1-25(21(27)12-5-13-23-22(28)19-11-6-14-29-19)15-20(26)24-18-10-4-8-16-7-2-3-9-17(16)18/h2-4,6-11,14H,5,12-13,15H2,1H3,(H,23,28)(H,24,26). The molecule has 2 N–H and O–H groups in total. The zero-order valence-corrected chi connectivity index (χ0v) is 17.0. The Morgan fingerprint density at radius 2 is 1.79 bits per heavy atom. The van der Waals surface area contributed by atoms with Crippen LogP contribution in [0.5, 0.6) is 0 Å². The maximum Gasteiger partial charge on any atom is 0.261 e. The summed E-state index contributed by atoms with van der Waals surface area (Å²) in [4.78, 5) is 38.5. The Balaban J connectivity index is 1.43. The molecule has 0 aliphatic rings. The van der Waals surface area contributed by atoms with E-state index >= 15 is 0 Å². The number of fused-ring (bicyclic) bond motifs is 1. The van der Waals surface area contributed by atoms with Crippen LogP contribution in [0.25, 0.3) is 10.8 Å². The van der Waals surface area contributed by atoms with Gasteiger partial charge in [0.05, 0.1) is 11.4 Å². The van der Waals surface area contributed by atoms with Crippen LogP contribution in [-0.4, -0.2) is 42.8 Å². The Morgan fingerprint density at radius 3 is 2.59 bits per heavy atom. The molecule has 7 heteroatoms. The third kappa shape index (κ3) is 5.65. The van der Waals surface area contributed by atoms with Crippen LogP contribution in [-0.2, 0) is 9.59 Å². The summed E-state index contributed by atoms with van der Waals surface area (Å²) in [6, 6.07) is 17.1. The molecule has 0 saturated heterocycles. The van der Waals surface area contributed by atoms with Crippen LogP contribution in [0, 0.1) is 0 Å². The number of amides is 3. The number of thiophene rings is 1. The van der Waals surface area contributed by atoms with E-state index in [1.807, 2.05) is 53.9 Å². The zero-order valence-electron chi connectivity index (χ0n) is 16.2. The van der Waals surface area contributed by atoms with Gasteiger partial charge in [0.1, 0.15) is 0 Å². The maximum absolute atomic E-state index is 12.4. The van der Waals surface area contributed by atoms with Gasteiger partial charge in [-0.1, -0.05) is 42.5 Å². The first-order chi connectivity index (χ1) is 14.0. The van der Waals surface area contributed by atoms with Gasteiger partial charge in [-0.25, -0.2) is 0 Å². The molecule has 1 heterocycles. The number of hydrogen-bond donors (Lipinski definition) is 2. The topological polar surface area (TPSA) is 78.5 Å². The average Bonchev–Trinajstić information content (AvgIpc) is 3.26. The quantitative estimate of drug-likeness (QED) is 0.559. The number of carbonyl (C=O) groups is 3. The Kier molecular flexibility index (Phi) is 6.97. The SMILES string of the molecule is CN(CC(=O)Nc1cccc2ccccc12)C(=O)CCCNC(=O)c1cccs1. The summed E-state index contributed by atoms with van der Waals surface area (Å²) < 4.78 is 0. The normalized spacial score (nSPS) is 10.5. The van der Waals surface area contributed by atoms with Crippen molar-refractivity contribution < 1.29 is 14.4 Å². The number of nitrogens with one attached hydrogen (secondary N) is 2. The molecule has 2 aromatic carbocycles. The number of rotatable bonds is 8. The fourth-order valence-electron chi connectivity index (χ4n) is 2.95. The van der Waals surface area contributed by atoms with E-state index in [4.69, 9.17) is 0 Å². The summed E-state index contributed by atoms with van der Waals surface area (Å²) in [5.41, 5.74) is 0.727. The predicted molar refractivity (Wildman–Crippen MR) is 116 cm³/mol. The van der Waals surface area contributed by atoms with Crippen molar-refractivity contribution in [1.29, 1.82) is 0 Å². The second kappa shape index (κ2) is 9.84. The molecule has 150 valence electrons. The van der Waals surface area contributed by atoms with Crippen LogP contribution < -0.4 is 10.6 Å². The predicted octanol–water partition coefficient (Wildman–Crippen LogP) is 3.51. The second-order valence-corrected chi connectivity index (χ2v) is 7.61. The van der Waals surface area contributed by atoms with Crippen LogP contribution in [0.3, 0.4) is 0 Å². The molecule has 0 saturated carbocycles. The number of nitrogens with zero attached hydrogens (tertiary/aromatic N) is 1. The summed E-state index contributed by atoms with van der Waals surface area (Å²) in [6.07, 6.45) is 0.786. The van der Waals surface area contributed by atoms with Crippen molar-refractivity contribution in [2.45, 2.75) is 12.8 Å². The van der Waals surface area contributed by atoms with E-state index in [2.05, 4.69) is 10.6 Å². The van der Waals surface area contributed by atoms with E-state index in [0.717, 1.165) is 16.5 Å². The Hall–Kier alpha value is -3.19. The number of benzene rings is 2. The molecular weight excluding hydrogens is 386 g/mol. The lowest BCUT2D eigenvalue weighted by Crippen LogP contribution is -2.35. The highest BCUT2D eigenvalue weighted by Crippen LogP contribution is 2.22. The first-order valence-electron chi connectivity index (χ1n) is 9.38. The third-order valence-corrected chi connectivity index (χ3v) is 5.34. The number of carbonyl (C=O) groups excluding carboxylic acids is 3. The van der Waals surface area contributed by atoms with Crippen LogP contribution in [0.15, 0.2) is 60.0 Å². The highest BCUT2D eigenvalue weighted by Gasteiger charge is 2.14. The molecule has 3 aromatic rings. The minimum atomic E-state index is -0.247. The van der Waals surface area contributed by atoms with E-state index in [9.17, 15) is 14.4 Å².